The third-order valence-electron chi connectivity index (χ3n) is 9.93. The number of likely N-dealkylation sites (tertiary alicyclic amines) is 1. The van der Waals surface area contributed by atoms with Crippen LogP contribution in [0.25, 0.3) is 0 Å². The Morgan fingerprint density at radius 1 is 1.17 bits per heavy atom. The Hall–Kier alpha value is -0.420. The molecular weight excluding hydrogens is 585 g/mol. The van der Waals surface area contributed by atoms with E-state index in [4.69, 9.17) is 4.74 Å². The van der Waals surface area contributed by atoms with Crippen LogP contribution in [-0.4, -0.2) is 91.9 Å². The average Bonchev–Trinajstić information content (AvgIpc) is 3.51. The zero-order chi connectivity index (χ0) is 30.6. The van der Waals surface area contributed by atoms with Crippen LogP contribution in [0.2, 0.25) is 0 Å². The SMILES string of the molecule is CCC[C@@H]1C[C@@H](C(=O)NC(C(C)C)[C@H]2O[C@H](SC)[C@H](C)[C@@H](O)[C@H]2O)[N+](C)(Cc2cccc(CC[C@@H]3SCSC3C)c2)C1. The molecule has 0 saturated carbocycles. The number of nitrogens with one attached hydrogen (secondary N) is 1. The molecule has 0 aliphatic carbocycles. The summed E-state index contributed by atoms with van der Waals surface area (Å²) in [7, 11) is 2.26. The maximum atomic E-state index is 14.2. The van der Waals surface area contributed by atoms with Crippen LogP contribution >= 0.6 is 35.3 Å². The summed E-state index contributed by atoms with van der Waals surface area (Å²) in [6.45, 7) is 12.4. The van der Waals surface area contributed by atoms with Gasteiger partial charge in [-0.25, -0.2) is 0 Å². The second-order valence-electron chi connectivity index (χ2n) is 13.6. The zero-order valence-electron chi connectivity index (χ0n) is 26.7. The molecular formula is C33H55N2O4S3+. The van der Waals surface area contributed by atoms with Gasteiger partial charge in [-0.15, -0.1) is 35.3 Å². The van der Waals surface area contributed by atoms with Crippen LogP contribution in [0.3, 0.4) is 0 Å². The molecule has 3 saturated heterocycles. The lowest BCUT2D eigenvalue weighted by atomic mass is 9.86. The standard InChI is InChI=1S/C33H54N2O4S3/c1-8-10-24-16-26(32(38)34-28(20(2)3)31-30(37)29(36)21(4)33(39-31)40-7)35(6,17-24)18-25-12-9-11-23(15-25)13-14-27-22(5)41-19-42-27/h9,11-12,15,20-22,24,26-31,33,36-37H,8,10,13-14,16-19H2,1-7H3/p+1/t21-,22?,24-,26+,27+,28?,29-,30-,31-,33-,35?/m1/s1. The van der Waals surface area contributed by atoms with Crippen molar-refractivity contribution in [3.8, 4) is 0 Å². The fourth-order valence-corrected chi connectivity index (χ4v) is 11.5. The summed E-state index contributed by atoms with van der Waals surface area (Å²) in [6.07, 6.45) is 4.82. The van der Waals surface area contributed by atoms with Crippen molar-refractivity contribution in [2.75, 3.05) is 24.9 Å². The third kappa shape index (κ3) is 8.04. The molecule has 3 aliphatic rings. The zero-order valence-corrected chi connectivity index (χ0v) is 29.1. The van der Waals surface area contributed by atoms with Crippen LogP contribution in [0.5, 0.6) is 0 Å². The van der Waals surface area contributed by atoms with E-state index in [9.17, 15) is 15.0 Å². The molecule has 0 bridgehead atoms. The van der Waals surface area contributed by atoms with Crippen LogP contribution in [-0.2, 0) is 22.5 Å². The van der Waals surface area contributed by atoms with Gasteiger partial charge in [0.1, 0.15) is 24.2 Å². The molecule has 11 atom stereocenters. The number of aryl methyl sites for hydroxylation is 1. The van der Waals surface area contributed by atoms with E-state index in [-0.39, 0.29) is 35.3 Å². The molecule has 0 aromatic heterocycles. The van der Waals surface area contributed by atoms with Crippen molar-refractivity contribution in [2.45, 2.75) is 120 Å². The number of hydrogen-bond acceptors (Lipinski definition) is 7. The number of carbonyl (C=O) groups excluding carboxylic acids is 1. The van der Waals surface area contributed by atoms with Crippen LogP contribution in [0.4, 0.5) is 0 Å². The first kappa shape index (κ1) is 34.5. The number of nitrogens with zero attached hydrogens (tertiary/aromatic N) is 1. The Kier molecular flexibility index (Phi) is 12.5. The number of aliphatic hydroxyl groups is 2. The van der Waals surface area contributed by atoms with Gasteiger partial charge in [0.2, 0.25) is 0 Å². The van der Waals surface area contributed by atoms with Crippen molar-refractivity contribution in [3.63, 3.8) is 0 Å². The summed E-state index contributed by atoms with van der Waals surface area (Å²) >= 11 is 5.72. The lowest BCUT2D eigenvalue weighted by Gasteiger charge is -2.45. The van der Waals surface area contributed by atoms with E-state index in [0.717, 1.165) is 49.3 Å². The Bertz CT molecular complexity index is 1030. The summed E-state index contributed by atoms with van der Waals surface area (Å²) in [5, 5.41) is 27.9. The molecule has 4 rings (SSSR count). The van der Waals surface area contributed by atoms with Gasteiger partial charge in [0, 0.05) is 39.4 Å². The Morgan fingerprint density at radius 3 is 2.55 bits per heavy atom. The molecule has 238 valence electrons. The third-order valence-corrected chi connectivity index (χ3v) is 14.1. The highest BCUT2D eigenvalue weighted by Crippen LogP contribution is 2.39. The van der Waals surface area contributed by atoms with E-state index in [1.165, 1.54) is 22.6 Å². The molecule has 1 amide bonds. The fourth-order valence-electron chi connectivity index (χ4n) is 7.43. The normalized spacial score (nSPS) is 37.7. The van der Waals surface area contributed by atoms with Crippen molar-refractivity contribution in [3.05, 3.63) is 35.4 Å². The van der Waals surface area contributed by atoms with E-state index in [1.807, 2.05) is 13.2 Å². The summed E-state index contributed by atoms with van der Waals surface area (Å²) in [6, 6.07) is 8.50. The van der Waals surface area contributed by atoms with Crippen LogP contribution in [0.1, 0.15) is 71.4 Å². The molecule has 3 heterocycles. The lowest BCUT2D eigenvalue weighted by Crippen LogP contribution is -2.64. The van der Waals surface area contributed by atoms with Gasteiger partial charge in [0.15, 0.2) is 6.04 Å². The number of likely N-dealkylation sites (N-methyl/N-ethyl adjacent to an activating group) is 1. The summed E-state index contributed by atoms with van der Waals surface area (Å²) in [5.41, 5.74) is 2.47. The highest BCUT2D eigenvalue weighted by atomic mass is 32.2. The van der Waals surface area contributed by atoms with Crippen molar-refractivity contribution in [2.24, 2.45) is 17.8 Å². The average molecular weight is 640 g/mol. The second kappa shape index (κ2) is 15.2. The van der Waals surface area contributed by atoms with E-state index in [0.29, 0.717) is 10.4 Å². The Morgan fingerprint density at radius 2 is 1.90 bits per heavy atom. The highest BCUT2D eigenvalue weighted by molar-refractivity contribution is 8.19. The number of quaternary nitrogens is 1. The fraction of sp³-hybridized carbons (Fsp3) is 0.788. The molecule has 0 radical (unpaired) electrons. The number of aliphatic hydroxyl groups excluding tert-OH is 2. The second-order valence-corrected chi connectivity index (χ2v) is 17.5. The van der Waals surface area contributed by atoms with Crippen molar-refractivity contribution < 1.29 is 24.2 Å². The van der Waals surface area contributed by atoms with Gasteiger partial charge < -0.3 is 24.7 Å². The molecule has 3 N–H and O–H groups in total. The van der Waals surface area contributed by atoms with Crippen molar-refractivity contribution in [1.82, 2.24) is 5.32 Å². The van der Waals surface area contributed by atoms with Gasteiger partial charge in [-0.2, -0.15) is 0 Å². The predicted molar refractivity (Wildman–Crippen MR) is 180 cm³/mol. The molecule has 9 heteroatoms. The van der Waals surface area contributed by atoms with E-state index < -0.39 is 18.3 Å². The number of rotatable bonds is 12. The van der Waals surface area contributed by atoms with Gasteiger partial charge in [-0.05, 0) is 37.0 Å². The topological polar surface area (TPSA) is 78.8 Å². The van der Waals surface area contributed by atoms with Crippen LogP contribution < -0.4 is 5.32 Å². The van der Waals surface area contributed by atoms with Gasteiger partial charge >= 0.3 is 0 Å². The van der Waals surface area contributed by atoms with Crippen molar-refractivity contribution >= 4 is 41.2 Å². The van der Waals surface area contributed by atoms with E-state index in [2.05, 4.69) is 87.8 Å². The van der Waals surface area contributed by atoms with Gasteiger partial charge in [-0.1, -0.05) is 65.3 Å². The number of ether oxygens (including phenoxy) is 1. The summed E-state index contributed by atoms with van der Waals surface area (Å²) in [5.74, 6) is 0.406. The lowest BCUT2D eigenvalue weighted by molar-refractivity contribution is -0.926. The monoisotopic (exact) mass is 639 g/mol. The number of hydrogen-bond donors (Lipinski definition) is 3. The van der Waals surface area contributed by atoms with Gasteiger partial charge in [0.25, 0.3) is 5.91 Å². The smallest absolute Gasteiger partial charge is 0.278 e. The Labute approximate surface area is 267 Å². The minimum Gasteiger partial charge on any atom is -0.390 e. The van der Waals surface area contributed by atoms with Crippen LogP contribution in [0, 0.1) is 17.8 Å². The highest BCUT2D eigenvalue weighted by Gasteiger charge is 2.50. The quantitative estimate of drug-likeness (QED) is 0.260. The molecule has 42 heavy (non-hydrogen) atoms. The molecule has 1 aromatic rings. The minimum absolute atomic E-state index is 0.0409. The first-order valence-corrected chi connectivity index (χ1v) is 19.4. The van der Waals surface area contributed by atoms with E-state index >= 15 is 0 Å². The first-order chi connectivity index (χ1) is 20.0. The van der Waals surface area contributed by atoms with Gasteiger partial charge in [0.05, 0.1) is 25.7 Å². The maximum absolute atomic E-state index is 14.2. The van der Waals surface area contributed by atoms with Crippen molar-refractivity contribution in [1.29, 1.82) is 0 Å². The van der Waals surface area contributed by atoms with Crippen LogP contribution in [0.15, 0.2) is 24.3 Å². The molecule has 3 aliphatic heterocycles. The molecule has 3 fully saturated rings. The molecule has 6 nitrogen and oxygen atoms in total. The molecule has 1 aromatic carbocycles. The number of carbonyl (C=O) groups is 1. The number of thioether (sulfide) groups is 3. The largest absolute Gasteiger partial charge is 0.390 e. The number of amides is 1. The molecule has 0 spiro atoms. The summed E-state index contributed by atoms with van der Waals surface area (Å²) < 4.78 is 7.03. The van der Waals surface area contributed by atoms with E-state index in [1.54, 1.807) is 11.8 Å². The predicted octanol–water partition coefficient (Wildman–Crippen LogP) is 5.54. The first-order valence-electron chi connectivity index (χ1n) is 16.0. The maximum Gasteiger partial charge on any atom is 0.278 e. The number of benzene rings is 1. The minimum atomic E-state index is -1.04. The summed E-state index contributed by atoms with van der Waals surface area (Å²) in [4.78, 5) is 14.2. The van der Waals surface area contributed by atoms with Gasteiger partial charge in [-0.3, -0.25) is 4.79 Å². The molecule has 3 unspecified atom stereocenters. The Balaban J connectivity index is 1.49.